The highest BCUT2D eigenvalue weighted by molar-refractivity contribution is 7.14. The molecule has 1 aliphatic rings. The second-order valence-electron chi connectivity index (χ2n) is 6.07. The lowest BCUT2D eigenvalue weighted by Gasteiger charge is -2.16. The molecular formula is C17H19N3O3S2. The quantitative estimate of drug-likeness (QED) is 0.713. The molecule has 1 atom stereocenters. The number of amides is 3. The largest absolute Gasteiger partial charge is 0.342 e. The molecule has 25 heavy (non-hydrogen) atoms. The van der Waals surface area contributed by atoms with Gasteiger partial charge >= 0.3 is 0 Å². The van der Waals surface area contributed by atoms with E-state index in [4.69, 9.17) is 0 Å². The first-order chi connectivity index (χ1) is 12.0. The van der Waals surface area contributed by atoms with Crippen LogP contribution in [-0.2, 0) is 17.6 Å². The Morgan fingerprint density at radius 2 is 2.04 bits per heavy atom. The van der Waals surface area contributed by atoms with E-state index in [9.17, 15) is 14.4 Å². The molecule has 0 spiro atoms. The topological polar surface area (TPSA) is 87.3 Å². The number of hydrazine groups is 1. The molecule has 132 valence electrons. The van der Waals surface area contributed by atoms with Crippen molar-refractivity contribution in [2.24, 2.45) is 5.92 Å². The summed E-state index contributed by atoms with van der Waals surface area (Å²) < 4.78 is 0. The van der Waals surface area contributed by atoms with Crippen molar-refractivity contribution in [2.45, 2.75) is 26.2 Å². The Labute approximate surface area is 153 Å². The van der Waals surface area contributed by atoms with Gasteiger partial charge in [-0.15, -0.1) is 22.7 Å². The summed E-state index contributed by atoms with van der Waals surface area (Å²) in [7, 11) is 0. The van der Waals surface area contributed by atoms with Gasteiger partial charge in [0.05, 0.1) is 16.3 Å². The smallest absolute Gasteiger partial charge is 0.279 e. The molecule has 0 aliphatic heterocycles. The molecule has 2 aromatic rings. The summed E-state index contributed by atoms with van der Waals surface area (Å²) in [6.45, 7) is 2.01. The summed E-state index contributed by atoms with van der Waals surface area (Å²) in [4.78, 5) is 38.1. The van der Waals surface area contributed by atoms with Crippen molar-refractivity contribution in [1.29, 1.82) is 0 Å². The first-order valence-corrected chi connectivity index (χ1v) is 9.75. The Hall–Kier alpha value is -2.19. The molecular weight excluding hydrogens is 358 g/mol. The lowest BCUT2D eigenvalue weighted by Crippen LogP contribution is -2.46. The van der Waals surface area contributed by atoms with Crippen molar-refractivity contribution in [3.8, 4) is 0 Å². The predicted molar refractivity (Wildman–Crippen MR) is 97.8 cm³/mol. The number of fused-ring (bicyclic) bond motifs is 1. The molecule has 3 amide bonds. The Morgan fingerprint density at radius 1 is 1.20 bits per heavy atom. The van der Waals surface area contributed by atoms with Crippen LogP contribution in [-0.4, -0.2) is 24.3 Å². The molecule has 6 nitrogen and oxygen atoms in total. The van der Waals surface area contributed by atoms with Gasteiger partial charge in [-0.05, 0) is 48.3 Å². The summed E-state index contributed by atoms with van der Waals surface area (Å²) in [5.41, 5.74) is 5.97. The van der Waals surface area contributed by atoms with Gasteiger partial charge in [0, 0.05) is 4.88 Å². The van der Waals surface area contributed by atoms with E-state index in [1.807, 2.05) is 6.07 Å². The molecule has 0 saturated heterocycles. The average Bonchev–Trinajstić information content (AvgIpc) is 3.26. The van der Waals surface area contributed by atoms with Crippen molar-refractivity contribution in [3.05, 3.63) is 43.8 Å². The number of carbonyl (C=O) groups excluding carboxylic acids is 3. The minimum atomic E-state index is -0.479. The van der Waals surface area contributed by atoms with E-state index in [0.717, 1.165) is 19.3 Å². The summed E-state index contributed by atoms with van der Waals surface area (Å²) in [5.74, 6) is -0.473. The molecule has 0 fully saturated rings. The van der Waals surface area contributed by atoms with Gasteiger partial charge in [0.15, 0.2) is 0 Å². The van der Waals surface area contributed by atoms with Gasteiger partial charge in [-0.3, -0.25) is 25.2 Å². The zero-order chi connectivity index (χ0) is 17.8. The van der Waals surface area contributed by atoms with E-state index in [0.29, 0.717) is 15.7 Å². The van der Waals surface area contributed by atoms with Crippen LogP contribution in [0.3, 0.4) is 0 Å². The van der Waals surface area contributed by atoms with Crippen molar-refractivity contribution in [2.75, 3.05) is 6.54 Å². The zero-order valence-corrected chi connectivity index (χ0v) is 15.4. The molecule has 3 rings (SSSR count). The number of nitrogens with one attached hydrogen (secondary N) is 3. The minimum absolute atomic E-state index is 0.199. The van der Waals surface area contributed by atoms with Crippen LogP contribution in [0.1, 0.15) is 43.1 Å². The van der Waals surface area contributed by atoms with E-state index in [1.54, 1.807) is 17.5 Å². The van der Waals surface area contributed by atoms with Crippen molar-refractivity contribution in [3.63, 3.8) is 0 Å². The van der Waals surface area contributed by atoms with Crippen molar-refractivity contribution < 1.29 is 14.4 Å². The predicted octanol–water partition coefficient (Wildman–Crippen LogP) is 2.13. The summed E-state index contributed by atoms with van der Waals surface area (Å²) >= 11 is 2.78. The van der Waals surface area contributed by atoms with E-state index < -0.39 is 5.91 Å². The van der Waals surface area contributed by atoms with Gasteiger partial charge < -0.3 is 5.32 Å². The molecule has 2 aromatic heterocycles. The Balaban J connectivity index is 1.46. The van der Waals surface area contributed by atoms with E-state index in [-0.39, 0.29) is 18.4 Å². The van der Waals surface area contributed by atoms with E-state index >= 15 is 0 Å². The van der Waals surface area contributed by atoms with Crippen LogP contribution in [0.15, 0.2) is 23.6 Å². The summed E-state index contributed by atoms with van der Waals surface area (Å²) in [6, 6.07) is 5.36. The van der Waals surface area contributed by atoms with Crippen molar-refractivity contribution >= 4 is 40.4 Å². The average molecular weight is 377 g/mol. The molecule has 1 unspecified atom stereocenters. The van der Waals surface area contributed by atoms with Gasteiger partial charge in [-0.2, -0.15) is 0 Å². The number of aryl methyl sites for hydroxylation is 1. The second kappa shape index (κ2) is 7.79. The van der Waals surface area contributed by atoms with Crippen LogP contribution in [0, 0.1) is 5.92 Å². The number of hydrogen-bond donors (Lipinski definition) is 3. The fourth-order valence-electron chi connectivity index (χ4n) is 2.71. The maximum absolute atomic E-state index is 12.2. The van der Waals surface area contributed by atoms with Crippen LogP contribution in [0.5, 0.6) is 0 Å². The minimum Gasteiger partial charge on any atom is -0.342 e. The van der Waals surface area contributed by atoms with Gasteiger partial charge in [0.2, 0.25) is 0 Å². The molecule has 1 aliphatic carbocycles. The van der Waals surface area contributed by atoms with Crippen LogP contribution in [0.2, 0.25) is 0 Å². The lowest BCUT2D eigenvalue weighted by atomic mass is 9.90. The Kier molecular flexibility index (Phi) is 5.50. The first-order valence-electron chi connectivity index (χ1n) is 8.05. The van der Waals surface area contributed by atoms with E-state index in [1.165, 1.54) is 33.1 Å². The molecule has 0 aromatic carbocycles. The molecule has 0 saturated carbocycles. The zero-order valence-electron chi connectivity index (χ0n) is 13.8. The molecule has 2 heterocycles. The lowest BCUT2D eigenvalue weighted by molar-refractivity contribution is -0.120. The van der Waals surface area contributed by atoms with Gasteiger partial charge in [-0.1, -0.05) is 13.0 Å². The maximum Gasteiger partial charge on any atom is 0.279 e. The van der Waals surface area contributed by atoms with Crippen molar-refractivity contribution in [1.82, 2.24) is 16.2 Å². The molecule has 0 radical (unpaired) electrons. The first kappa shape index (κ1) is 17.6. The van der Waals surface area contributed by atoms with Gasteiger partial charge in [-0.25, -0.2) is 0 Å². The molecule has 8 heteroatoms. The highest BCUT2D eigenvalue weighted by Gasteiger charge is 2.20. The SMILES string of the molecule is CC1CCc2sc(C(=O)NNC(=O)CNC(=O)c3cccs3)cc2C1. The third-order valence-corrected chi connectivity index (χ3v) is 6.13. The number of rotatable bonds is 4. The maximum atomic E-state index is 12.2. The normalized spacial score (nSPS) is 16.0. The summed E-state index contributed by atoms with van der Waals surface area (Å²) in [5, 5.41) is 4.29. The third kappa shape index (κ3) is 4.46. The monoisotopic (exact) mass is 377 g/mol. The number of carbonyl (C=O) groups is 3. The van der Waals surface area contributed by atoms with Crippen LogP contribution in [0.4, 0.5) is 0 Å². The second-order valence-corrected chi connectivity index (χ2v) is 8.15. The van der Waals surface area contributed by atoms with Crippen LogP contribution in [0.25, 0.3) is 0 Å². The standard InChI is InChI=1S/C17H19N3O3S2/c1-10-4-5-12-11(7-10)8-14(25-12)17(23)20-19-15(21)9-18-16(22)13-3-2-6-24-13/h2-3,6,8,10H,4-5,7,9H2,1H3,(H,18,22)(H,19,21)(H,20,23). The number of thiophene rings is 2. The highest BCUT2D eigenvalue weighted by Crippen LogP contribution is 2.32. The fraction of sp³-hybridized carbons (Fsp3) is 0.353. The van der Waals surface area contributed by atoms with Crippen LogP contribution >= 0.6 is 22.7 Å². The Bertz CT molecular complexity index is 783. The Morgan fingerprint density at radius 3 is 2.80 bits per heavy atom. The van der Waals surface area contributed by atoms with Gasteiger partial charge in [0.1, 0.15) is 0 Å². The summed E-state index contributed by atoms with van der Waals surface area (Å²) in [6.07, 6.45) is 3.16. The fourth-order valence-corrected chi connectivity index (χ4v) is 4.45. The third-order valence-electron chi connectivity index (χ3n) is 4.02. The van der Waals surface area contributed by atoms with E-state index in [2.05, 4.69) is 23.1 Å². The molecule has 3 N–H and O–H groups in total. The number of hydrogen-bond acceptors (Lipinski definition) is 5. The van der Waals surface area contributed by atoms with Gasteiger partial charge in [0.25, 0.3) is 17.7 Å². The molecule has 0 bridgehead atoms. The highest BCUT2D eigenvalue weighted by atomic mass is 32.1. The van der Waals surface area contributed by atoms with Crippen LogP contribution < -0.4 is 16.2 Å².